The van der Waals surface area contributed by atoms with Crippen LogP contribution in [0.2, 0.25) is 0 Å². The number of fused-ring (bicyclic) bond motifs is 2. The van der Waals surface area contributed by atoms with Gasteiger partial charge in [-0.2, -0.15) is 0 Å². The number of aliphatic hydroxyl groups is 1. The first-order valence-corrected chi connectivity index (χ1v) is 10.1. The monoisotopic (exact) mass is 394 g/mol. The van der Waals surface area contributed by atoms with Crippen LogP contribution in [0.4, 0.5) is 0 Å². The van der Waals surface area contributed by atoms with Gasteiger partial charge in [0.1, 0.15) is 19.0 Å². The molecular formula is C22H26N4O3. The molecule has 1 fully saturated rings. The number of hydrogen-bond donors (Lipinski definition) is 2. The maximum atomic E-state index is 10.8. The number of amidine groups is 1. The van der Waals surface area contributed by atoms with E-state index in [0.717, 1.165) is 47.4 Å². The molecule has 3 atom stereocenters. The molecule has 0 radical (unpaired) electrons. The lowest BCUT2D eigenvalue weighted by molar-refractivity contribution is 0.123. The second-order valence-corrected chi connectivity index (χ2v) is 7.96. The molecule has 7 heteroatoms. The van der Waals surface area contributed by atoms with Crippen molar-refractivity contribution in [2.75, 3.05) is 26.3 Å². The number of hydrogen-bond acceptors (Lipinski definition) is 7. The molecule has 4 aliphatic heterocycles. The first kappa shape index (κ1) is 18.3. The van der Waals surface area contributed by atoms with E-state index in [1.807, 2.05) is 35.4 Å². The van der Waals surface area contributed by atoms with Crippen LogP contribution in [0.1, 0.15) is 19.4 Å². The summed E-state index contributed by atoms with van der Waals surface area (Å²) in [7, 11) is 0. The molecule has 0 spiro atoms. The number of aliphatic imine (C=N–C) groups is 1. The Morgan fingerprint density at radius 2 is 1.83 bits per heavy atom. The molecule has 1 saturated heterocycles. The van der Waals surface area contributed by atoms with Gasteiger partial charge < -0.3 is 29.7 Å². The van der Waals surface area contributed by atoms with E-state index in [2.05, 4.69) is 30.1 Å². The van der Waals surface area contributed by atoms with Crippen molar-refractivity contribution >= 4 is 11.5 Å². The van der Waals surface area contributed by atoms with E-state index >= 15 is 0 Å². The predicted octanol–water partition coefficient (Wildman–Crippen LogP) is 1.92. The number of piperazine rings is 1. The van der Waals surface area contributed by atoms with Crippen LogP contribution in [0, 0.1) is 0 Å². The van der Waals surface area contributed by atoms with Crippen LogP contribution in [0.25, 0.3) is 5.70 Å². The summed E-state index contributed by atoms with van der Waals surface area (Å²) < 4.78 is 11.3. The summed E-state index contributed by atoms with van der Waals surface area (Å²) in [5.41, 5.74) is 2.72. The van der Waals surface area contributed by atoms with Crippen molar-refractivity contribution in [2.24, 2.45) is 4.99 Å². The fourth-order valence-corrected chi connectivity index (χ4v) is 4.27. The Balaban J connectivity index is 1.39. The Labute approximate surface area is 170 Å². The summed E-state index contributed by atoms with van der Waals surface area (Å²) in [5, 5.41) is 14.3. The van der Waals surface area contributed by atoms with Crippen LogP contribution in [0.3, 0.4) is 0 Å². The minimum atomic E-state index is -0.775. The molecule has 1 aromatic rings. The summed E-state index contributed by atoms with van der Waals surface area (Å²) in [4.78, 5) is 8.93. The standard InChI is InChI=1S/C22H26N4O3/c1-14-11-25(12-15(2)23-14)17-4-6-21-24-18(10-22(27)26(21)13-17)16-3-5-19-20(9-16)29-8-7-28-19/h3-6,9-10,13-15,22-23,27H,7-8,11-12H2,1-2H3. The number of nitrogens with zero attached hydrogens (tertiary/aromatic N) is 3. The molecule has 0 aliphatic carbocycles. The van der Waals surface area contributed by atoms with Gasteiger partial charge in [-0.3, -0.25) is 0 Å². The quantitative estimate of drug-likeness (QED) is 0.799. The molecule has 3 unspecified atom stereocenters. The molecule has 0 aromatic heterocycles. The molecule has 0 bridgehead atoms. The number of aliphatic hydroxyl groups excluding tert-OH is 1. The highest BCUT2D eigenvalue weighted by molar-refractivity contribution is 6.00. The van der Waals surface area contributed by atoms with Crippen LogP contribution in [0.15, 0.2) is 53.3 Å². The van der Waals surface area contributed by atoms with Gasteiger partial charge in [0.2, 0.25) is 0 Å². The van der Waals surface area contributed by atoms with Crippen molar-refractivity contribution in [2.45, 2.75) is 32.2 Å². The van der Waals surface area contributed by atoms with E-state index < -0.39 is 6.23 Å². The van der Waals surface area contributed by atoms with Crippen molar-refractivity contribution in [1.29, 1.82) is 0 Å². The van der Waals surface area contributed by atoms with Crippen molar-refractivity contribution in [3.63, 3.8) is 0 Å². The second-order valence-electron chi connectivity index (χ2n) is 7.96. The molecular weight excluding hydrogens is 368 g/mol. The zero-order valence-corrected chi connectivity index (χ0v) is 16.7. The Kier molecular flexibility index (Phi) is 4.56. The summed E-state index contributed by atoms with van der Waals surface area (Å²) in [6.07, 6.45) is 7.04. The maximum Gasteiger partial charge on any atom is 0.162 e. The first-order valence-electron chi connectivity index (χ1n) is 10.1. The van der Waals surface area contributed by atoms with Gasteiger partial charge in [-0.25, -0.2) is 4.99 Å². The molecule has 0 saturated carbocycles. The molecule has 29 heavy (non-hydrogen) atoms. The Hall–Kier alpha value is -2.77. The highest BCUT2D eigenvalue weighted by Gasteiger charge is 2.28. The van der Waals surface area contributed by atoms with Crippen molar-refractivity contribution < 1.29 is 14.6 Å². The average Bonchev–Trinajstić information content (AvgIpc) is 2.72. The van der Waals surface area contributed by atoms with Gasteiger partial charge in [0.15, 0.2) is 17.7 Å². The van der Waals surface area contributed by atoms with Gasteiger partial charge in [-0.05, 0) is 50.3 Å². The molecule has 5 rings (SSSR count). The molecule has 4 heterocycles. The summed E-state index contributed by atoms with van der Waals surface area (Å²) >= 11 is 0. The predicted molar refractivity (Wildman–Crippen MR) is 112 cm³/mol. The Morgan fingerprint density at radius 3 is 2.62 bits per heavy atom. The molecule has 152 valence electrons. The van der Waals surface area contributed by atoms with Gasteiger partial charge in [-0.1, -0.05) is 0 Å². The third kappa shape index (κ3) is 3.52. The first-order chi connectivity index (χ1) is 14.1. The summed E-state index contributed by atoms with van der Waals surface area (Å²) in [5.74, 6) is 2.19. The molecule has 7 nitrogen and oxygen atoms in total. The fraction of sp³-hybridized carbons (Fsp3) is 0.409. The summed E-state index contributed by atoms with van der Waals surface area (Å²) in [6, 6.07) is 6.62. The van der Waals surface area contributed by atoms with Crippen molar-refractivity contribution in [3.8, 4) is 11.5 Å². The van der Waals surface area contributed by atoms with Gasteiger partial charge in [0, 0.05) is 36.9 Å². The molecule has 1 aromatic carbocycles. The van der Waals surface area contributed by atoms with Crippen LogP contribution in [0.5, 0.6) is 11.5 Å². The lowest BCUT2D eigenvalue weighted by atomic mass is 10.1. The Bertz CT molecular complexity index is 926. The summed E-state index contributed by atoms with van der Waals surface area (Å²) in [6.45, 7) is 7.38. The fourth-order valence-electron chi connectivity index (χ4n) is 4.27. The number of ether oxygens (including phenoxy) is 2. The van der Waals surface area contributed by atoms with Crippen LogP contribution < -0.4 is 14.8 Å². The maximum absolute atomic E-state index is 10.8. The van der Waals surface area contributed by atoms with E-state index in [9.17, 15) is 5.11 Å². The second kappa shape index (κ2) is 7.24. The van der Waals surface area contributed by atoms with E-state index in [-0.39, 0.29) is 0 Å². The third-order valence-corrected chi connectivity index (χ3v) is 5.53. The number of benzene rings is 1. The van der Waals surface area contributed by atoms with E-state index in [1.165, 1.54) is 0 Å². The van der Waals surface area contributed by atoms with Crippen LogP contribution in [-0.4, -0.2) is 65.4 Å². The van der Waals surface area contributed by atoms with Crippen LogP contribution in [-0.2, 0) is 0 Å². The van der Waals surface area contributed by atoms with Crippen molar-refractivity contribution in [1.82, 2.24) is 15.1 Å². The van der Waals surface area contributed by atoms with Gasteiger partial charge in [0.05, 0.1) is 11.4 Å². The lowest BCUT2D eigenvalue weighted by Gasteiger charge is -2.40. The lowest BCUT2D eigenvalue weighted by Crippen LogP contribution is -2.54. The zero-order valence-electron chi connectivity index (χ0n) is 16.7. The third-order valence-electron chi connectivity index (χ3n) is 5.53. The molecule has 2 N–H and O–H groups in total. The van der Waals surface area contributed by atoms with Gasteiger partial charge in [-0.15, -0.1) is 0 Å². The van der Waals surface area contributed by atoms with Crippen molar-refractivity contribution in [3.05, 3.63) is 53.9 Å². The number of allylic oxidation sites excluding steroid dienone is 1. The normalized spacial score (nSPS) is 28.4. The topological polar surface area (TPSA) is 69.6 Å². The van der Waals surface area contributed by atoms with Gasteiger partial charge in [0.25, 0.3) is 0 Å². The highest BCUT2D eigenvalue weighted by atomic mass is 16.6. The highest BCUT2D eigenvalue weighted by Crippen LogP contribution is 2.35. The minimum Gasteiger partial charge on any atom is -0.486 e. The zero-order chi connectivity index (χ0) is 20.0. The minimum absolute atomic E-state index is 0.427. The van der Waals surface area contributed by atoms with Gasteiger partial charge >= 0.3 is 0 Å². The van der Waals surface area contributed by atoms with E-state index in [0.29, 0.717) is 25.3 Å². The number of rotatable bonds is 2. The van der Waals surface area contributed by atoms with E-state index in [1.54, 1.807) is 6.08 Å². The SMILES string of the molecule is CC1CN(C2=CN3C(=NC(c4ccc5c(c4)OCCO5)=CC3O)C=C2)CC(C)N1. The van der Waals surface area contributed by atoms with E-state index in [4.69, 9.17) is 14.5 Å². The smallest absolute Gasteiger partial charge is 0.162 e. The van der Waals surface area contributed by atoms with Crippen LogP contribution >= 0.6 is 0 Å². The largest absolute Gasteiger partial charge is 0.486 e. The molecule has 0 amide bonds. The number of nitrogens with one attached hydrogen (secondary N) is 1. The average molecular weight is 394 g/mol. The Morgan fingerprint density at radius 1 is 1.07 bits per heavy atom. The molecule has 4 aliphatic rings.